The van der Waals surface area contributed by atoms with Crippen molar-refractivity contribution in [1.29, 1.82) is 0 Å². The molecule has 120 valence electrons. The number of nitrogens with one attached hydrogen (secondary N) is 1. The van der Waals surface area contributed by atoms with E-state index in [2.05, 4.69) is 20.3 Å². The molecule has 0 radical (unpaired) electrons. The van der Waals surface area contributed by atoms with E-state index in [0.29, 0.717) is 38.5 Å². The quantitative estimate of drug-likeness (QED) is 0.594. The first kappa shape index (κ1) is 14.9. The van der Waals surface area contributed by atoms with Crippen molar-refractivity contribution < 1.29 is 0 Å². The third-order valence-corrected chi connectivity index (χ3v) is 4.25. The van der Waals surface area contributed by atoms with E-state index in [1.165, 1.54) is 10.8 Å². The van der Waals surface area contributed by atoms with Gasteiger partial charge >= 0.3 is 0 Å². The van der Waals surface area contributed by atoms with Gasteiger partial charge in [0.1, 0.15) is 5.39 Å². The molecule has 0 bridgehead atoms. The van der Waals surface area contributed by atoms with Gasteiger partial charge in [-0.1, -0.05) is 29.3 Å². The van der Waals surface area contributed by atoms with Crippen LogP contribution in [0, 0.1) is 0 Å². The highest BCUT2D eigenvalue weighted by atomic mass is 35.5. The summed E-state index contributed by atoms with van der Waals surface area (Å²) in [5.74, 6) is 0.772. The lowest BCUT2D eigenvalue weighted by Crippen LogP contribution is -2.23. The minimum atomic E-state index is -0.346. The average Bonchev–Trinajstić information content (AvgIpc) is 3.06. The Labute approximate surface area is 145 Å². The molecule has 4 aromatic rings. The van der Waals surface area contributed by atoms with Gasteiger partial charge in [-0.2, -0.15) is 4.98 Å². The maximum Gasteiger partial charge on any atom is 0.270 e. The van der Waals surface area contributed by atoms with Crippen molar-refractivity contribution >= 4 is 46.0 Å². The Morgan fingerprint density at radius 2 is 1.92 bits per heavy atom. The second-order valence-electron chi connectivity index (χ2n) is 4.99. The Balaban J connectivity index is 2.23. The van der Waals surface area contributed by atoms with Gasteiger partial charge in [0.05, 0.1) is 15.7 Å². The van der Waals surface area contributed by atoms with Crippen molar-refractivity contribution in [2.45, 2.75) is 0 Å². The molecule has 9 heteroatoms. The highest BCUT2D eigenvalue weighted by molar-refractivity contribution is 6.37. The number of imidazole rings is 1. The smallest absolute Gasteiger partial charge is 0.270 e. The summed E-state index contributed by atoms with van der Waals surface area (Å²) in [7, 11) is 1.71. The van der Waals surface area contributed by atoms with Gasteiger partial charge in [0.25, 0.3) is 5.56 Å². The number of fused-ring (bicyclic) bond motifs is 3. The van der Waals surface area contributed by atoms with Crippen molar-refractivity contribution in [1.82, 2.24) is 23.9 Å². The molecule has 0 aliphatic rings. The first-order chi connectivity index (χ1) is 11.6. The molecule has 24 heavy (non-hydrogen) atoms. The molecule has 0 fully saturated rings. The number of hydrogen-bond acceptors (Lipinski definition) is 5. The summed E-state index contributed by atoms with van der Waals surface area (Å²) in [5.41, 5.74) is 0.481. The van der Waals surface area contributed by atoms with Crippen molar-refractivity contribution in [2.24, 2.45) is 0 Å². The van der Waals surface area contributed by atoms with Crippen molar-refractivity contribution in [3.63, 3.8) is 0 Å². The molecule has 0 saturated carbocycles. The van der Waals surface area contributed by atoms with E-state index in [1.807, 2.05) is 0 Å². The molecule has 1 aromatic carbocycles. The molecule has 0 spiro atoms. The number of anilines is 1. The second-order valence-corrected chi connectivity index (χ2v) is 5.80. The largest absolute Gasteiger partial charge is 0.357 e. The molecular weight excluding hydrogens is 351 g/mol. The van der Waals surface area contributed by atoms with Gasteiger partial charge < -0.3 is 5.32 Å². The van der Waals surface area contributed by atoms with Crippen LogP contribution in [0.2, 0.25) is 10.0 Å². The minimum Gasteiger partial charge on any atom is -0.357 e. The van der Waals surface area contributed by atoms with Crippen molar-refractivity contribution in [3.05, 3.63) is 57.2 Å². The predicted octanol–water partition coefficient (Wildman–Crippen LogP) is 2.78. The summed E-state index contributed by atoms with van der Waals surface area (Å²) < 4.78 is 3.06. The van der Waals surface area contributed by atoms with Crippen LogP contribution in [0.15, 0.2) is 41.6 Å². The topological polar surface area (TPSA) is 77.1 Å². The zero-order valence-electron chi connectivity index (χ0n) is 12.4. The van der Waals surface area contributed by atoms with Crippen LogP contribution in [0.4, 0.5) is 5.95 Å². The van der Waals surface area contributed by atoms with E-state index < -0.39 is 0 Å². The van der Waals surface area contributed by atoms with E-state index in [9.17, 15) is 4.79 Å². The molecule has 4 rings (SSSR count). The average molecular weight is 361 g/mol. The van der Waals surface area contributed by atoms with Crippen LogP contribution in [0.1, 0.15) is 0 Å². The minimum absolute atomic E-state index is 0.329. The fourth-order valence-corrected chi connectivity index (χ4v) is 3.14. The number of hydrogen-bond donors (Lipinski definition) is 1. The summed E-state index contributed by atoms with van der Waals surface area (Å²) in [5, 5.41) is 3.88. The molecule has 1 N–H and O–H groups in total. The maximum atomic E-state index is 13.0. The Morgan fingerprint density at radius 1 is 1.17 bits per heavy atom. The molecule has 0 unspecified atom stereocenters. The third kappa shape index (κ3) is 2.05. The number of para-hydroxylation sites is 1. The molecule has 0 aliphatic carbocycles. The predicted molar refractivity (Wildman–Crippen MR) is 93.5 cm³/mol. The fraction of sp³-hybridized carbons (Fsp3) is 0.0667. The van der Waals surface area contributed by atoms with Crippen molar-refractivity contribution in [2.75, 3.05) is 12.4 Å². The van der Waals surface area contributed by atoms with Gasteiger partial charge in [-0.05, 0) is 12.1 Å². The Bertz CT molecular complexity index is 1130. The lowest BCUT2D eigenvalue weighted by atomic mass is 10.3. The molecular formula is C15H10Cl2N6O. The number of halogens is 2. The van der Waals surface area contributed by atoms with Gasteiger partial charge in [0, 0.05) is 25.6 Å². The highest BCUT2D eigenvalue weighted by Crippen LogP contribution is 2.29. The van der Waals surface area contributed by atoms with Crippen LogP contribution in [-0.4, -0.2) is 31.0 Å². The third-order valence-electron chi connectivity index (χ3n) is 3.64. The SMILES string of the molecule is CNc1ncc2c(=O)n(-c3c(Cl)cccc3Cl)c3nccn3c2n1. The molecule has 3 aromatic heterocycles. The van der Waals surface area contributed by atoms with Crippen LogP contribution in [0.25, 0.3) is 22.5 Å². The van der Waals surface area contributed by atoms with E-state index in [1.54, 1.807) is 42.0 Å². The lowest BCUT2D eigenvalue weighted by molar-refractivity contribution is 0.961. The normalized spacial score (nSPS) is 11.3. The highest BCUT2D eigenvalue weighted by Gasteiger charge is 2.18. The molecule has 0 atom stereocenters. The molecule has 0 aliphatic heterocycles. The number of benzene rings is 1. The molecule has 3 heterocycles. The zero-order chi connectivity index (χ0) is 16.8. The van der Waals surface area contributed by atoms with Gasteiger partial charge in [-0.15, -0.1) is 0 Å². The van der Waals surface area contributed by atoms with E-state index in [-0.39, 0.29) is 5.56 Å². The fourth-order valence-electron chi connectivity index (χ4n) is 2.57. The second kappa shape index (κ2) is 5.47. The van der Waals surface area contributed by atoms with Gasteiger partial charge in [-0.3, -0.25) is 9.20 Å². The van der Waals surface area contributed by atoms with Crippen molar-refractivity contribution in [3.8, 4) is 5.69 Å². The molecule has 7 nitrogen and oxygen atoms in total. The first-order valence-corrected chi connectivity index (χ1v) is 7.74. The summed E-state index contributed by atoms with van der Waals surface area (Å²) in [4.78, 5) is 25.8. The maximum absolute atomic E-state index is 13.0. The number of rotatable bonds is 2. The number of nitrogens with zero attached hydrogens (tertiary/aromatic N) is 5. The number of aromatic nitrogens is 5. The monoisotopic (exact) mass is 360 g/mol. The Kier molecular flexibility index (Phi) is 3.40. The van der Waals surface area contributed by atoms with Gasteiger partial charge in [0.2, 0.25) is 11.7 Å². The summed E-state index contributed by atoms with van der Waals surface area (Å²) >= 11 is 12.6. The van der Waals surface area contributed by atoms with Gasteiger partial charge in [0.15, 0.2) is 5.65 Å². The van der Waals surface area contributed by atoms with E-state index in [4.69, 9.17) is 23.2 Å². The van der Waals surface area contributed by atoms with E-state index in [0.717, 1.165) is 0 Å². The summed E-state index contributed by atoms with van der Waals surface area (Å²) in [6.07, 6.45) is 4.76. The lowest BCUT2D eigenvalue weighted by Gasteiger charge is -2.13. The molecule has 0 amide bonds. The van der Waals surface area contributed by atoms with Crippen LogP contribution < -0.4 is 10.9 Å². The first-order valence-electron chi connectivity index (χ1n) is 6.99. The Hall–Kier alpha value is -2.64. The van der Waals surface area contributed by atoms with Crippen LogP contribution in [0.5, 0.6) is 0 Å². The van der Waals surface area contributed by atoms with E-state index >= 15 is 0 Å². The van der Waals surface area contributed by atoms with Crippen LogP contribution in [0.3, 0.4) is 0 Å². The standard InChI is InChI=1S/C15H10Cl2N6O/c1-18-14-20-7-8-12(21-14)22-6-5-19-15(22)23(13(8)24)11-9(16)3-2-4-10(11)17/h2-7H,1H3,(H,18,20,21). The summed E-state index contributed by atoms with van der Waals surface area (Å²) in [6.45, 7) is 0. The van der Waals surface area contributed by atoms with Gasteiger partial charge in [-0.25, -0.2) is 14.5 Å². The van der Waals surface area contributed by atoms with Crippen LogP contribution in [-0.2, 0) is 0 Å². The zero-order valence-corrected chi connectivity index (χ0v) is 13.9. The summed E-state index contributed by atoms with van der Waals surface area (Å²) in [6, 6.07) is 5.05. The molecule has 0 saturated heterocycles. The Morgan fingerprint density at radius 3 is 2.62 bits per heavy atom. The van der Waals surface area contributed by atoms with Crippen LogP contribution >= 0.6 is 23.2 Å².